The van der Waals surface area contributed by atoms with Crippen molar-refractivity contribution in [3.63, 3.8) is 0 Å². The third-order valence-corrected chi connectivity index (χ3v) is 3.97. The van der Waals surface area contributed by atoms with Crippen molar-refractivity contribution < 1.29 is 14.5 Å². The molecule has 7 nitrogen and oxygen atoms in total. The lowest BCUT2D eigenvalue weighted by Gasteiger charge is -2.37. The highest BCUT2D eigenvalue weighted by Gasteiger charge is 2.28. The summed E-state index contributed by atoms with van der Waals surface area (Å²) in [5.41, 5.74) is 0.231. The number of non-ortho nitro benzene ring substituents is 1. The van der Waals surface area contributed by atoms with Crippen LogP contribution in [0, 0.1) is 10.1 Å². The number of hydrogen-bond donors (Lipinski definition) is 1. The molecule has 1 saturated heterocycles. The van der Waals surface area contributed by atoms with Crippen molar-refractivity contribution in [2.24, 2.45) is 0 Å². The normalized spacial score (nSPS) is 18.0. The van der Waals surface area contributed by atoms with E-state index < -0.39 is 4.92 Å². The molecule has 0 aromatic heterocycles. The molecule has 1 heterocycles. The highest BCUT2D eigenvalue weighted by molar-refractivity contribution is 9.10. The fourth-order valence-electron chi connectivity index (χ4n) is 2.36. The molecule has 0 saturated carbocycles. The van der Waals surface area contributed by atoms with Crippen molar-refractivity contribution in [3.05, 3.63) is 32.8 Å². The standard InChI is InChI=1S/C14H18BrN3O4/c1-14(2)9-17(5-6-22-14)8-13(19)16-12-4-3-10(18(20)21)7-11(12)15/h3-4,7H,5-6,8-9H2,1-2H3,(H,16,19). The van der Waals surface area contributed by atoms with E-state index in [1.807, 2.05) is 18.7 Å². The predicted molar refractivity (Wildman–Crippen MR) is 85.9 cm³/mol. The molecule has 0 unspecified atom stereocenters. The van der Waals surface area contributed by atoms with Gasteiger partial charge < -0.3 is 10.1 Å². The number of morpholine rings is 1. The second-order valence-electron chi connectivity index (χ2n) is 5.79. The van der Waals surface area contributed by atoms with Crippen molar-refractivity contribution in [2.75, 3.05) is 31.6 Å². The van der Waals surface area contributed by atoms with Crippen molar-refractivity contribution >= 4 is 33.2 Å². The minimum atomic E-state index is -0.480. The molecule has 0 radical (unpaired) electrons. The number of nitro groups is 1. The first-order chi connectivity index (χ1) is 10.3. The van der Waals surface area contributed by atoms with E-state index in [0.29, 0.717) is 29.9 Å². The largest absolute Gasteiger partial charge is 0.373 e. The number of nitro benzene ring substituents is 1. The van der Waals surface area contributed by atoms with Gasteiger partial charge in [-0.25, -0.2) is 0 Å². The highest BCUT2D eigenvalue weighted by Crippen LogP contribution is 2.27. The topological polar surface area (TPSA) is 84.7 Å². The third-order valence-electron chi connectivity index (χ3n) is 3.31. The summed E-state index contributed by atoms with van der Waals surface area (Å²) in [6.07, 6.45) is 0. The molecule has 1 aromatic carbocycles. The zero-order valence-electron chi connectivity index (χ0n) is 12.5. The van der Waals surface area contributed by atoms with Crippen LogP contribution in [0.1, 0.15) is 13.8 Å². The van der Waals surface area contributed by atoms with Gasteiger partial charge in [-0.15, -0.1) is 0 Å². The molecule has 1 aromatic rings. The van der Waals surface area contributed by atoms with Gasteiger partial charge in [0.05, 0.1) is 29.4 Å². The van der Waals surface area contributed by atoms with Crippen LogP contribution in [0.5, 0.6) is 0 Å². The molecule has 2 rings (SSSR count). The Morgan fingerprint density at radius 1 is 1.55 bits per heavy atom. The van der Waals surface area contributed by atoms with Gasteiger partial charge in [-0.3, -0.25) is 19.8 Å². The molecule has 22 heavy (non-hydrogen) atoms. The third kappa shape index (κ3) is 4.49. The van der Waals surface area contributed by atoms with Gasteiger partial charge in [-0.05, 0) is 35.8 Å². The lowest BCUT2D eigenvalue weighted by Crippen LogP contribution is -2.50. The van der Waals surface area contributed by atoms with Crippen molar-refractivity contribution in [2.45, 2.75) is 19.4 Å². The number of carbonyl (C=O) groups excluding carboxylic acids is 1. The fourth-order valence-corrected chi connectivity index (χ4v) is 2.83. The van der Waals surface area contributed by atoms with E-state index in [-0.39, 0.29) is 23.7 Å². The fraction of sp³-hybridized carbons (Fsp3) is 0.500. The first-order valence-electron chi connectivity index (χ1n) is 6.87. The van der Waals surface area contributed by atoms with Gasteiger partial charge >= 0.3 is 0 Å². The SMILES string of the molecule is CC1(C)CN(CC(=O)Nc2ccc([N+](=O)[O-])cc2Br)CCO1. The van der Waals surface area contributed by atoms with E-state index >= 15 is 0 Å². The Morgan fingerprint density at radius 3 is 2.86 bits per heavy atom. The maximum atomic E-state index is 12.1. The molecule has 1 amide bonds. The number of anilines is 1. The second kappa shape index (κ2) is 6.72. The number of hydrogen-bond acceptors (Lipinski definition) is 5. The van der Waals surface area contributed by atoms with Crippen LogP contribution >= 0.6 is 15.9 Å². The van der Waals surface area contributed by atoms with Crippen LogP contribution < -0.4 is 5.32 Å². The second-order valence-corrected chi connectivity index (χ2v) is 6.64. The average Bonchev–Trinajstić information content (AvgIpc) is 2.39. The van der Waals surface area contributed by atoms with Crippen molar-refractivity contribution in [3.8, 4) is 0 Å². The lowest BCUT2D eigenvalue weighted by atomic mass is 10.1. The van der Waals surface area contributed by atoms with E-state index in [2.05, 4.69) is 21.2 Å². The zero-order chi connectivity index (χ0) is 16.3. The number of rotatable bonds is 4. The molecule has 8 heteroatoms. The summed E-state index contributed by atoms with van der Waals surface area (Å²) in [6.45, 7) is 6.23. The molecule has 1 fully saturated rings. The van der Waals surface area contributed by atoms with Gasteiger partial charge in [-0.1, -0.05) is 0 Å². The van der Waals surface area contributed by atoms with E-state index in [0.717, 1.165) is 0 Å². The lowest BCUT2D eigenvalue weighted by molar-refractivity contribution is -0.384. The van der Waals surface area contributed by atoms with Gasteiger partial charge in [0, 0.05) is 29.7 Å². The van der Waals surface area contributed by atoms with E-state index in [1.165, 1.54) is 18.2 Å². The Labute approximate surface area is 136 Å². The van der Waals surface area contributed by atoms with E-state index in [4.69, 9.17) is 4.74 Å². The molecule has 0 aliphatic carbocycles. The Hall–Kier alpha value is -1.51. The smallest absolute Gasteiger partial charge is 0.270 e. The summed E-state index contributed by atoms with van der Waals surface area (Å²) in [4.78, 5) is 24.3. The molecule has 0 bridgehead atoms. The maximum Gasteiger partial charge on any atom is 0.270 e. The highest BCUT2D eigenvalue weighted by atomic mass is 79.9. The monoisotopic (exact) mass is 371 g/mol. The maximum absolute atomic E-state index is 12.1. The van der Waals surface area contributed by atoms with E-state index in [9.17, 15) is 14.9 Å². The number of ether oxygens (including phenoxy) is 1. The summed E-state index contributed by atoms with van der Waals surface area (Å²) in [5, 5.41) is 13.4. The van der Waals surface area contributed by atoms with Crippen LogP contribution in [-0.4, -0.2) is 47.6 Å². The Balaban J connectivity index is 1.96. The molecule has 1 aliphatic rings. The molecule has 1 N–H and O–H groups in total. The number of nitrogens with one attached hydrogen (secondary N) is 1. The van der Waals surface area contributed by atoms with Crippen LogP contribution in [0.2, 0.25) is 0 Å². The number of halogens is 1. The number of amides is 1. The van der Waals surface area contributed by atoms with Crippen LogP contribution in [0.4, 0.5) is 11.4 Å². The molecular formula is C14H18BrN3O4. The van der Waals surface area contributed by atoms with Crippen LogP contribution in [0.3, 0.4) is 0 Å². The van der Waals surface area contributed by atoms with Crippen LogP contribution in [0.15, 0.2) is 22.7 Å². The van der Waals surface area contributed by atoms with Gasteiger partial charge in [0.1, 0.15) is 0 Å². The van der Waals surface area contributed by atoms with Gasteiger partial charge in [-0.2, -0.15) is 0 Å². The number of benzene rings is 1. The van der Waals surface area contributed by atoms with Gasteiger partial charge in [0.25, 0.3) is 5.69 Å². The van der Waals surface area contributed by atoms with Gasteiger partial charge in [0.2, 0.25) is 5.91 Å². The first-order valence-corrected chi connectivity index (χ1v) is 7.66. The van der Waals surface area contributed by atoms with Crippen LogP contribution in [0.25, 0.3) is 0 Å². The molecule has 1 aliphatic heterocycles. The average molecular weight is 372 g/mol. The Kier molecular flexibility index (Phi) is 5.15. The van der Waals surface area contributed by atoms with Crippen molar-refractivity contribution in [1.82, 2.24) is 4.90 Å². The number of nitrogens with zero attached hydrogens (tertiary/aromatic N) is 2. The van der Waals surface area contributed by atoms with Gasteiger partial charge in [0.15, 0.2) is 0 Å². The Bertz CT molecular complexity index is 591. The van der Waals surface area contributed by atoms with E-state index in [1.54, 1.807) is 0 Å². The minimum Gasteiger partial charge on any atom is -0.373 e. The Morgan fingerprint density at radius 2 is 2.27 bits per heavy atom. The molecular weight excluding hydrogens is 354 g/mol. The van der Waals surface area contributed by atoms with Crippen LogP contribution in [-0.2, 0) is 9.53 Å². The summed E-state index contributed by atoms with van der Waals surface area (Å²) < 4.78 is 6.09. The zero-order valence-corrected chi connectivity index (χ0v) is 14.1. The summed E-state index contributed by atoms with van der Waals surface area (Å²) in [6, 6.07) is 4.25. The number of carbonyl (C=O) groups is 1. The predicted octanol–water partition coefficient (Wildman–Crippen LogP) is 2.41. The first kappa shape index (κ1) is 16.9. The molecule has 0 atom stereocenters. The quantitative estimate of drug-likeness (QED) is 0.648. The molecule has 0 spiro atoms. The minimum absolute atomic E-state index is 0.0280. The summed E-state index contributed by atoms with van der Waals surface area (Å²) >= 11 is 3.23. The summed E-state index contributed by atoms with van der Waals surface area (Å²) in [7, 11) is 0. The summed E-state index contributed by atoms with van der Waals surface area (Å²) in [5.74, 6) is -0.160. The van der Waals surface area contributed by atoms with Crippen molar-refractivity contribution in [1.29, 1.82) is 0 Å². The molecule has 120 valence electrons.